The number of carboxylic acids is 1. The van der Waals surface area contributed by atoms with E-state index < -0.39 is 5.97 Å². The summed E-state index contributed by atoms with van der Waals surface area (Å²) in [6, 6.07) is 2.70. The van der Waals surface area contributed by atoms with E-state index in [1.807, 2.05) is 0 Å². The topological polar surface area (TPSA) is 84.6 Å². The van der Waals surface area contributed by atoms with Crippen LogP contribution in [0.25, 0.3) is 0 Å². The molecule has 1 aromatic rings. The van der Waals surface area contributed by atoms with Gasteiger partial charge in [0.05, 0.1) is 19.7 Å². The van der Waals surface area contributed by atoms with Crippen molar-refractivity contribution < 1.29 is 19.4 Å². The van der Waals surface area contributed by atoms with Crippen LogP contribution in [0.4, 0.5) is 5.69 Å². The van der Waals surface area contributed by atoms with Gasteiger partial charge in [0.2, 0.25) is 0 Å². The second-order valence-corrected chi connectivity index (χ2v) is 2.81. The van der Waals surface area contributed by atoms with E-state index >= 15 is 0 Å². The molecule has 0 heterocycles. The van der Waals surface area contributed by atoms with Gasteiger partial charge in [0.1, 0.15) is 0 Å². The number of anilines is 1. The van der Waals surface area contributed by atoms with Gasteiger partial charge in [-0.05, 0) is 13.0 Å². The van der Waals surface area contributed by atoms with E-state index in [-0.39, 0.29) is 11.3 Å². The molecule has 0 radical (unpaired) electrons. The van der Waals surface area contributed by atoms with Crippen LogP contribution in [0.2, 0.25) is 0 Å². The van der Waals surface area contributed by atoms with Crippen LogP contribution in [-0.4, -0.2) is 19.7 Å². The van der Waals surface area contributed by atoms with Gasteiger partial charge in [-0.2, -0.15) is 0 Å². The van der Waals surface area contributed by atoms with Crippen LogP contribution in [0.3, 0.4) is 0 Å². The van der Waals surface area contributed by atoms with Gasteiger partial charge in [-0.15, -0.1) is 0 Å². The molecule has 2 N–H and O–H groups in total. The Hall–Kier alpha value is -1.91. The van der Waals surface area contributed by atoms with E-state index in [4.69, 9.17) is 15.2 Å². The first-order chi connectivity index (χ1) is 7.10. The summed E-state index contributed by atoms with van der Waals surface area (Å²) >= 11 is 0. The van der Waals surface area contributed by atoms with Gasteiger partial charge in [-0.25, -0.2) is 0 Å². The minimum Gasteiger partial charge on any atom is -0.545 e. The Morgan fingerprint density at radius 3 is 2.60 bits per heavy atom. The third-order valence-electron chi connectivity index (χ3n) is 1.86. The number of hydrogen-bond donors (Lipinski definition) is 1. The van der Waals surface area contributed by atoms with Gasteiger partial charge in [0.15, 0.2) is 11.5 Å². The molecule has 0 fully saturated rings. The van der Waals surface area contributed by atoms with Crippen molar-refractivity contribution in [3.05, 3.63) is 17.7 Å². The number of hydrogen-bond acceptors (Lipinski definition) is 5. The third kappa shape index (κ3) is 2.31. The van der Waals surface area contributed by atoms with Gasteiger partial charge < -0.3 is 25.1 Å². The number of carboxylic acid groups (broad SMARTS) is 1. The van der Waals surface area contributed by atoms with Crippen molar-refractivity contribution in [1.29, 1.82) is 0 Å². The fourth-order valence-corrected chi connectivity index (χ4v) is 1.18. The monoisotopic (exact) mass is 210 g/mol. The molecular formula is C10H12NO4-. The van der Waals surface area contributed by atoms with Crippen LogP contribution in [0.15, 0.2) is 12.1 Å². The van der Waals surface area contributed by atoms with Crippen LogP contribution in [0, 0.1) is 0 Å². The van der Waals surface area contributed by atoms with Crippen LogP contribution >= 0.6 is 0 Å². The van der Waals surface area contributed by atoms with Crippen molar-refractivity contribution in [3.63, 3.8) is 0 Å². The molecule has 0 saturated heterocycles. The summed E-state index contributed by atoms with van der Waals surface area (Å²) in [5, 5.41) is 10.7. The Balaban J connectivity index is 3.23. The Bertz CT molecular complexity index is 376. The first-order valence-corrected chi connectivity index (χ1v) is 4.41. The van der Waals surface area contributed by atoms with Crippen molar-refractivity contribution >= 4 is 11.7 Å². The molecule has 5 heteroatoms. The lowest BCUT2D eigenvalue weighted by atomic mass is 10.1. The Morgan fingerprint density at radius 2 is 2.13 bits per heavy atom. The zero-order chi connectivity index (χ0) is 11.4. The second-order valence-electron chi connectivity index (χ2n) is 2.81. The molecule has 0 aromatic heterocycles. The molecule has 0 unspecified atom stereocenters. The van der Waals surface area contributed by atoms with Crippen LogP contribution < -0.4 is 20.3 Å². The maximum Gasteiger partial charge on any atom is 0.162 e. The molecule has 15 heavy (non-hydrogen) atoms. The number of carbonyl (C=O) groups is 1. The SMILES string of the molecule is CCOc1cc(C(=O)[O-])c(N)cc1OC. The highest BCUT2D eigenvalue weighted by molar-refractivity contribution is 5.93. The summed E-state index contributed by atoms with van der Waals surface area (Å²) < 4.78 is 10.2. The minimum absolute atomic E-state index is 0.0929. The van der Waals surface area contributed by atoms with Crippen molar-refractivity contribution in [2.24, 2.45) is 0 Å². The van der Waals surface area contributed by atoms with E-state index in [0.717, 1.165) is 0 Å². The number of aromatic carboxylic acids is 1. The number of carbonyl (C=O) groups excluding carboxylic acids is 1. The highest BCUT2D eigenvalue weighted by Gasteiger charge is 2.09. The Labute approximate surface area is 87.4 Å². The average molecular weight is 210 g/mol. The number of ether oxygens (including phenoxy) is 2. The lowest BCUT2D eigenvalue weighted by Gasteiger charge is -2.13. The first-order valence-electron chi connectivity index (χ1n) is 4.41. The summed E-state index contributed by atoms with van der Waals surface area (Å²) in [7, 11) is 1.45. The smallest absolute Gasteiger partial charge is 0.162 e. The predicted octanol–water partition coefficient (Wildman–Crippen LogP) is 0.0396. The summed E-state index contributed by atoms with van der Waals surface area (Å²) in [5.41, 5.74) is 5.50. The average Bonchev–Trinajstić information content (AvgIpc) is 2.20. The van der Waals surface area contributed by atoms with E-state index in [1.54, 1.807) is 6.92 Å². The molecule has 0 amide bonds. The predicted molar refractivity (Wildman–Crippen MR) is 52.9 cm³/mol. The normalized spacial score (nSPS) is 9.73. The molecule has 0 saturated carbocycles. The largest absolute Gasteiger partial charge is 0.545 e. The zero-order valence-corrected chi connectivity index (χ0v) is 8.57. The molecular weight excluding hydrogens is 198 g/mol. The number of benzene rings is 1. The van der Waals surface area contributed by atoms with Crippen LogP contribution in [0.1, 0.15) is 17.3 Å². The molecule has 0 aliphatic carbocycles. The van der Waals surface area contributed by atoms with Crippen molar-refractivity contribution in [3.8, 4) is 11.5 Å². The number of nitrogens with two attached hydrogens (primary N) is 1. The van der Waals surface area contributed by atoms with Gasteiger partial charge in [0.25, 0.3) is 0 Å². The first kappa shape index (κ1) is 11.2. The van der Waals surface area contributed by atoms with Crippen molar-refractivity contribution in [2.75, 3.05) is 19.5 Å². The maximum atomic E-state index is 10.7. The van der Waals surface area contributed by atoms with Crippen molar-refractivity contribution in [2.45, 2.75) is 6.92 Å². The number of rotatable bonds is 4. The molecule has 0 spiro atoms. The third-order valence-corrected chi connectivity index (χ3v) is 1.86. The second kappa shape index (κ2) is 4.54. The molecule has 1 rings (SSSR count). The standard InChI is InChI=1S/C10H13NO4/c1-3-15-9-4-6(10(12)13)7(11)5-8(9)14-2/h4-5H,3,11H2,1-2H3,(H,12,13)/p-1. The molecule has 1 aromatic carbocycles. The minimum atomic E-state index is -1.34. The van der Waals surface area contributed by atoms with E-state index in [0.29, 0.717) is 18.1 Å². The van der Waals surface area contributed by atoms with E-state index in [2.05, 4.69) is 0 Å². The fraction of sp³-hybridized carbons (Fsp3) is 0.300. The van der Waals surface area contributed by atoms with Gasteiger partial charge in [0, 0.05) is 17.3 Å². The molecule has 0 bridgehead atoms. The zero-order valence-electron chi connectivity index (χ0n) is 8.57. The summed E-state index contributed by atoms with van der Waals surface area (Å²) in [6.45, 7) is 2.20. The maximum absolute atomic E-state index is 10.7. The van der Waals surface area contributed by atoms with Gasteiger partial charge in [-0.3, -0.25) is 0 Å². The van der Waals surface area contributed by atoms with Gasteiger partial charge in [-0.1, -0.05) is 0 Å². The van der Waals surface area contributed by atoms with Crippen LogP contribution in [-0.2, 0) is 0 Å². The fourth-order valence-electron chi connectivity index (χ4n) is 1.18. The Morgan fingerprint density at radius 1 is 1.47 bits per heavy atom. The summed E-state index contributed by atoms with van der Waals surface area (Å²) in [5.74, 6) is -0.594. The van der Waals surface area contributed by atoms with Gasteiger partial charge >= 0.3 is 0 Å². The molecule has 0 aliphatic rings. The molecule has 0 aliphatic heterocycles. The number of nitrogen functional groups attached to an aromatic ring is 1. The highest BCUT2D eigenvalue weighted by atomic mass is 16.5. The quantitative estimate of drug-likeness (QED) is 0.709. The molecule has 82 valence electrons. The summed E-state index contributed by atoms with van der Waals surface area (Å²) in [4.78, 5) is 10.7. The molecule has 0 atom stereocenters. The number of methoxy groups -OCH3 is 1. The lowest BCUT2D eigenvalue weighted by molar-refractivity contribution is -0.254. The van der Waals surface area contributed by atoms with E-state index in [1.165, 1.54) is 19.2 Å². The summed E-state index contributed by atoms with van der Waals surface area (Å²) in [6.07, 6.45) is 0. The Kier molecular flexibility index (Phi) is 3.38. The molecule has 5 nitrogen and oxygen atoms in total. The van der Waals surface area contributed by atoms with E-state index in [9.17, 15) is 9.90 Å². The van der Waals surface area contributed by atoms with Crippen molar-refractivity contribution in [1.82, 2.24) is 0 Å². The van der Waals surface area contributed by atoms with Crippen LogP contribution in [0.5, 0.6) is 11.5 Å². The highest BCUT2D eigenvalue weighted by Crippen LogP contribution is 2.31. The lowest BCUT2D eigenvalue weighted by Crippen LogP contribution is -2.23.